The second kappa shape index (κ2) is 11.4. The van der Waals surface area contributed by atoms with E-state index in [1.165, 1.54) is 0 Å². The number of rotatable bonds is 13. The van der Waals surface area contributed by atoms with Gasteiger partial charge < -0.3 is 24.4 Å². The molecule has 0 aliphatic carbocycles. The number of hydrogen-bond donors (Lipinski definition) is 2. The van der Waals surface area contributed by atoms with Crippen LogP contribution in [0, 0.1) is 5.92 Å². The van der Waals surface area contributed by atoms with E-state index in [1.807, 2.05) is 0 Å². The molecule has 0 aromatic rings. The minimum Gasteiger partial charge on any atom is -0.481 e. The molecule has 2 N–H and O–H groups in total. The van der Waals surface area contributed by atoms with Gasteiger partial charge in [0.25, 0.3) is 0 Å². The van der Waals surface area contributed by atoms with Gasteiger partial charge in [0, 0.05) is 6.61 Å². The van der Waals surface area contributed by atoms with E-state index in [4.69, 9.17) is 24.4 Å². The maximum Gasteiger partial charge on any atom is 0.306 e. The molecule has 9 heteroatoms. The molecule has 25 heavy (non-hydrogen) atoms. The lowest BCUT2D eigenvalue weighted by atomic mass is 9.92. The van der Waals surface area contributed by atoms with Gasteiger partial charge in [0.1, 0.15) is 13.2 Å². The largest absolute Gasteiger partial charge is 0.481 e. The lowest BCUT2D eigenvalue weighted by Gasteiger charge is -2.33. The number of carbonyl (C=O) groups excluding carboxylic acids is 2. The van der Waals surface area contributed by atoms with Gasteiger partial charge in [0.05, 0.1) is 37.2 Å². The quantitative estimate of drug-likeness (QED) is 0.463. The van der Waals surface area contributed by atoms with Gasteiger partial charge >= 0.3 is 23.9 Å². The number of aliphatic carboxylic acids is 2. The van der Waals surface area contributed by atoms with Crippen molar-refractivity contribution in [3.63, 3.8) is 0 Å². The second-order valence-electron chi connectivity index (χ2n) is 5.89. The normalized spacial score (nSPS) is 11.2. The van der Waals surface area contributed by atoms with Gasteiger partial charge in [-0.2, -0.15) is 0 Å². The van der Waals surface area contributed by atoms with Crippen molar-refractivity contribution in [2.45, 2.75) is 52.1 Å². The van der Waals surface area contributed by atoms with Gasteiger partial charge in [-0.15, -0.1) is 0 Å². The molecule has 0 aromatic heterocycles. The molecule has 0 saturated heterocycles. The molecule has 0 fully saturated rings. The molecule has 0 atom stereocenters. The summed E-state index contributed by atoms with van der Waals surface area (Å²) in [5.74, 6) is -4.03. The van der Waals surface area contributed by atoms with E-state index in [9.17, 15) is 19.2 Å². The van der Waals surface area contributed by atoms with E-state index in [1.54, 1.807) is 20.8 Å². The van der Waals surface area contributed by atoms with E-state index in [2.05, 4.69) is 0 Å². The molecule has 0 aliphatic rings. The van der Waals surface area contributed by atoms with Crippen LogP contribution in [0.15, 0.2) is 0 Å². The molecule has 0 heterocycles. The van der Waals surface area contributed by atoms with Gasteiger partial charge in [-0.3, -0.25) is 19.2 Å². The fourth-order valence-electron chi connectivity index (χ4n) is 1.89. The first-order valence-corrected chi connectivity index (χ1v) is 7.97. The van der Waals surface area contributed by atoms with E-state index in [-0.39, 0.29) is 38.9 Å². The SMILES string of the molecule is CCOC(C)(C)C(COC(=O)CCC(=O)O)COC(=O)CCC(=O)O. The maximum atomic E-state index is 11.6. The zero-order chi connectivity index (χ0) is 19.5. The number of hydrogen-bond acceptors (Lipinski definition) is 7. The fourth-order valence-corrected chi connectivity index (χ4v) is 1.89. The Morgan fingerprint density at radius 2 is 1.24 bits per heavy atom. The Kier molecular flexibility index (Phi) is 10.4. The number of carboxylic acids is 2. The van der Waals surface area contributed by atoms with Crippen molar-refractivity contribution in [1.29, 1.82) is 0 Å². The Labute approximate surface area is 146 Å². The van der Waals surface area contributed by atoms with Crippen LogP contribution in [-0.4, -0.2) is 59.5 Å². The van der Waals surface area contributed by atoms with Crippen LogP contribution in [0.4, 0.5) is 0 Å². The van der Waals surface area contributed by atoms with Gasteiger partial charge in [-0.25, -0.2) is 0 Å². The summed E-state index contributed by atoms with van der Waals surface area (Å²) in [6.45, 7) is 5.45. The fraction of sp³-hybridized carbons (Fsp3) is 0.750. The van der Waals surface area contributed by atoms with Crippen LogP contribution in [0.1, 0.15) is 46.5 Å². The molecule has 0 bridgehead atoms. The van der Waals surface area contributed by atoms with Crippen LogP contribution in [0.3, 0.4) is 0 Å². The van der Waals surface area contributed by atoms with Crippen LogP contribution in [0.5, 0.6) is 0 Å². The van der Waals surface area contributed by atoms with E-state index < -0.39 is 35.4 Å². The van der Waals surface area contributed by atoms with E-state index >= 15 is 0 Å². The molecule has 0 unspecified atom stereocenters. The number of ether oxygens (including phenoxy) is 3. The van der Waals surface area contributed by atoms with E-state index in [0.29, 0.717) is 6.61 Å². The summed E-state index contributed by atoms with van der Waals surface area (Å²) < 4.78 is 15.7. The third-order valence-electron chi connectivity index (χ3n) is 3.48. The molecule has 0 rings (SSSR count). The predicted molar refractivity (Wildman–Crippen MR) is 84.9 cm³/mol. The molecular weight excluding hydrogens is 336 g/mol. The van der Waals surface area contributed by atoms with Crippen LogP contribution < -0.4 is 0 Å². The molecule has 0 aromatic carbocycles. The molecule has 0 saturated carbocycles. The highest BCUT2D eigenvalue weighted by atomic mass is 16.6. The van der Waals surface area contributed by atoms with Crippen LogP contribution in [0.25, 0.3) is 0 Å². The zero-order valence-corrected chi connectivity index (χ0v) is 14.8. The van der Waals surface area contributed by atoms with Gasteiger partial charge in [0.15, 0.2) is 0 Å². The first-order valence-electron chi connectivity index (χ1n) is 7.97. The van der Waals surface area contributed by atoms with Crippen molar-refractivity contribution < 1.29 is 43.6 Å². The zero-order valence-electron chi connectivity index (χ0n) is 14.8. The third-order valence-corrected chi connectivity index (χ3v) is 3.48. The highest BCUT2D eigenvalue weighted by molar-refractivity contribution is 5.77. The average Bonchev–Trinajstić information content (AvgIpc) is 2.50. The summed E-state index contributed by atoms with van der Waals surface area (Å²) in [4.78, 5) is 44.0. The first kappa shape index (κ1) is 22.8. The van der Waals surface area contributed by atoms with Crippen LogP contribution >= 0.6 is 0 Å². The third kappa shape index (κ3) is 11.1. The van der Waals surface area contributed by atoms with Crippen LogP contribution in [-0.2, 0) is 33.4 Å². The number of carboxylic acid groups (broad SMARTS) is 2. The lowest BCUT2D eigenvalue weighted by Crippen LogP contribution is -2.41. The summed E-state index contributed by atoms with van der Waals surface area (Å²) in [6, 6.07) is 0. The monoisotopic (exact) mass is 362 g/mol. The van der Waals surface area contributed by atoms with Crippen molar-refractivity contribution in [1.82, 2.24) is 0 Å². The summed E-state index contributed by atoms with van der Waals surface area (Å²) in [5, 5.41) is 17.1. The summed E-state index contributed by atoms with van der Waals surface area (Å²) in [6.07, 6.45) is -1.17. The Morgan fingerprint density at radius 3 is 1.56 bits per heavy atom. The minimum atomic E-state index is -1.10. The van der Waals surface area contributed by atoms with Crippen molar-refractivity contribution in [3.8, 4) is 0 Å². The highest BCUT2D eigenvalue weighted by Gasteiger charge is 2.32. The Morgan fingerprint density at radius 1 is 0.840 bits per heavy atom. The van der Waals surface area contributed by atoms with Gasteiger partial charge in [-0.1, -0.05) is 0 Å². The number of esters is 2. The molecule has 0 aliphatic heterocycles. The Hall–Kier alpha value is -2.16. The molecule has 9 nitrogen and oxygen atoms in total. The Bertz CT molecular complexity index is 436. The second-order valence-corrected chi connectivity index (χ2v) is 5.89. The topological polar surface area (TPSA) is 136 Å². The van der Waals surface area contributed by atoms with Crippen LogP contribution in [0.2, 0.25) is 0 Å². The molecular formula is C16H26O9. The first-order chi connectivity index (χ1) is 11.6. The summed E-state index contributed by atoms with van der Waals surface area (Å²) in [5.41, 5.74) is -0.769. The summed E-state index contributed by atoms with van der Waals surface area (Å²) in [7, 11) is 0. The predicted octanol–water partition coefficient (Wildman–Crippen LogP) is 1.23. The van der Waals surface area contributed by atoms with Gasteiger partial charge in [-0.05, 0) is 20.8 Å². The van der Waals surface area contributed by atoms with Crippen molar-refractivity contribution in [3.05, 3.63) is 0 Å². The van der Waals surface area contributed by atoms with Gasteiger partial charge in [0.2, 0.25) is 0 Å². The lowest BCUT2D eigenvalue weighted by molar-refractivity contribution is -0.160. The molecule has 144 valence electrons. The molecule has 0 amide bonds. The summed E-state index contributed by atoms with van der Waals surface area (Å²) >= 11 is 0. The minimum absolute atomic E-state index is 0.113. The molecule has 0 spiro atoms. The number of carbonyl (C=O) groups is 4. The average molecular weight is 362 g/mol. The van der Waals surface area contributed by atoms with E-state index in [0.717, 1.165) is 0 Å². The highest BCUT2D eigenvalue weighted by Crippen LogP contribution is 2.23. The Balaban J connectivity index is 4.61. The maximum absolute atomic E-state index is 11.6. The van der Waals surface area contributed by atoms with Crippen molar-refractivity contribution >= 4 is 23.9 Å². The standard InChI is InChI=1S/C16H26O9/c1-4-25-16(2,3)11(9-23-14(21)7-5-12(17)18)10-24-15(22)8-6-13(19)20/h11H,4-10H2,1-3H3,(H,17,18)(H,19,20). The van der Waals surface area contributed by atoms with Crippen molar-refractivity contribution in [2.24, 2.45) is 5.92 Å². The van der Waals surface area contributed by atoms with Crippen molar-refractivity contribution in [2.75, 3.05) is 19.8 Å². The molecule has 0 radical (unpaired) electrons. The smallest absolute Gasteiger partial charge is 0.306 e.